The third-order valence-corrected chi connectivity index (χ3v) is 2.29. The van der Waals surface area contributed by atoms with Crippen LogP contribution < -0.4 is 10.5 Å². The van der Waals surface area contributed by atoms with Gasteiger partial charge in [-0.1, -0.05) is 25.4 Å². The minimum Gasteiger partial charge on any atom is -0.473 e. The average molecular weight is 215 g/mol. The van der Waals surface area contributed by atoms with Crippen LogP contribution in [0.5, 0.6) is 5.88 Å². The smallest absolute Gasteiger partial charge is 0.237 e. The summed E-state index contributed by atoms with van der Waals surface area (Å²) in [6.45, 7) is 6.15. The number of hydrogen-bond donors (Lipinski definition) is 1. The summed E-state index contributed by atoms with van der Waals surface area (Å²) in [5.74, 6) is 0.877. The van der Waals surface area contributed by atoms with E-state index in [-0.39, 0.29) is 6.10 Å². The molecule has 2 N–H and O–H groups in total. The fourth-order valence-electron chi connectivity index (χ4n) is 0.853. The predicted octanol–water partition coefficient (Wildman–Crippen LogP) is 2.74. The first-order chi connectivity index (χ1) is 6.50. The number of aromatic nitrogens is 1. The molecule has 78 valence electrons. The number of halogens is 1. The van der Waals surface area contributed by atoms with Crippen LogP contribution in [-0.2, 0) is 0 Å². The second kappa shape index (κ2) is 4.51. The van der Waals surface area contributed by atoms with E-state index in [9.17, 15) is 0 Å². The number of nitrogens with zero attached hydrogens (tertiary/aromatic N) is 1. The molecule has 0 aromatic carbocycles. The highest BCUT2D eigenvalue weighted by Crippen LogP contribution is 2.23. The van der Waals surface area contributed by atoms with Gasteiger partial charge in [0.25, 0.3) is 0 Å². The van der Waals surface area contributed by atoms with Gasteiger partial charge in [0, 0.05) is 6.20 Å². The Balaban J connectivity index is 2.77. The monoisotopic (exact) mass is 214 g/mol. The Labute approximate surface area is 89.2 Å². The number of anilines is 1. The molecule has 1 rings (SSSR count). The van der Waals surface area contributed by atoms with Crippen molar-refractivity contribution in [2.75, 3.05) is 5.73 Å². The van der Waals surface area contributed by atoms with Crippen molar-refractivity contribution in [3.05, 3.63) is 17.3 Å². The van der Waals surface area contributed by atoms with Gasteiger partial charge in [-0.05, 0) is 18.9 Å². The van der Waals surface area contributed by atoms with Crippen LogP contribution in [0.1, 0.15) is 20.8 Å². The molecule has 0 amide bonds. The number of pyridine rings is 1. The van der Waals surface area contributed by atoms with Crippen LogP contribution in [0, 0.1) is 5.92 Å². The minimum atomic E-state index is 0.0889. The van der Waals surface area contributed by atoms with Gasteiger partial charge >= 0.3 is 0 Å². The number of ether oxygens (including phenoxy) is 1. The molecule has 0 fully saturated rings. The molecule has 0 aliphatic heterocycles. The quantitative estimate of drug-likeness (QED) is 0.842. The number of rotatable bonds is 3. The first kappa shape index (κ1) is 11.1. The number of hydrogen-bond acceptors (Lipinski definition) is 3. The standard InChI is InChI=1S/C10H15ClN2O/c1-6(2)7(3)14-10-9(12)4-8(11)5-13-10/h4-7H,12H2,1-3H3. The molecule has 0 spiro atoms. The number of nitrogens with two attached hydrogens (primary N) is 1. The Kier molecular flexibility index (Phi) is 3.58. The summed E-state index contributed by atoms with van der Waals surface area (Å²) >= 11 is 5.72. The summed E-state index contributed by atoms with van der Waals surface area (Å²) < 4.78 is 5.57. The van der Waals surface area contributed by atoms with Crippen LogP contribution in [0.3, 0.4) is 0 Å². The lowest BCUT2D eigenvalue weighted by Crippen LogP contribution is -2.19. The Hall–Kier alpha value is -0.960. The van der Waals surface area contributed by atoms with E-state index in [0.717, 1.165) is 0 Å². The summed E-state index contributed by atoms with van der Waals surface area (Å²) in [4.78, 5) is 4.02. The third kappa shape index (κ3) is 2.77. The lowest BCUT2D eigenvalue weighted by Gasteiger charge is -2.18. The van der Waals surface area contributed by atoms with E-state index in [1.807, 2.05) is 6.92 Å². The molecule has 1 unspecified atom stereocenters. The molecule has 3 nitrogen and oxygen atoms in total. The second-order valence-corrected chi connectivity index (χ2v) is 4.05. The van der Waals surface area contributed by atoms with E-state index in [2.05, 4.69) is 18.8 Å². The van der Waals surface area contributed by atoms with Crippen molar-refractivity contribution in [3.8, 4) is 5.88 Å². The van der Waals surface area contributed by atoms with E-state index < -0.39 is 0 Å². The van der Waals surface area contributed by atoms with Crippen LogP contribution >= 0.6 is 11.6 Å². The molecular weight excluding hydrogens is 200 g/mol. The third-order valence-electron chi connectivity index (χ3n) is 2.08. The average Bonchev–Trinajstić information content (AvgIpc) is 2.09. The van der Waals surface area contributed by atoms with Gasteiger partial charge in [0.2, 0.25) is 5.88 Å². The Morgan fingerprint density at radius 2 is 2.07 bits per heavy atom. The summed E-state index contributed by atoms with van der Waals surface area (Å²) in [7, 11) is 0. The van der Waals surface area contributed by atoms with Crippen LogP contribution in [0.25, 0.3) is 0 Å². The Bertz CT molecular complexity index is 315. The fraction of sp³-hybridized carbons (Fsp3) is 0.500. The largest absolute Gasteiger partial charge is 0.473 e. The van der Waals surface area contributed by atoms with Crippen LogP contribution in [-0.4, -0.2) is 11.1 Å². The van der Waals surface area contributed by atoms with E-state index in [1.165, 1.54) is 6.20 Å². The molecule has 1 heterocycles. The zero-order valence-corrected chi connectivity index (χ0v) is 9.38. The van der Waals surface area contributed by atoms with Gasteiger partial charge in [0.15, 0.2) is 0 Å². The number of nitrogen functional groups attached to an aromatic ring is 1. The highest BCUT2D eigenvalue weighted by molar-refractivity contribution is 6.30. The summed E-state index contributed by atoms with van der Waals surface area (Å²) in [5.41, 5.74) is 6.17. The van der Waals surface area contributed by atoms with Gasteiger partial charge in [0.05, 0.1) is 16.8 Å². The van der Waals surface area contributed by atoms with Crippen LogP contribution in [0.15, 0.2) is 12.3 Å². The minimum absolute atomic E-state index is 0.0889. The maximum Gasteiger partial charge on any atom is 0.237 e. The topological polar surface area (TPSA) is 48.1 Å². The summed E-state index contributed by atoms with van der Waals surface area (Å²) in [6.07, 6.45) is 1.62. The first-order valence-corrected chi connectivity index (χ1v) is 4.96. The van der Waals surface area contributed by atoms with Gasteiger partial charge in [-0.2, -0.15) is 0 Å². The van der Waals surface area contributed by atoms with Crippen LogP contribution in [0.4, 0.5) is 5.69 Å². The normalized spacial score (nSPS) is 12.9. The van der Waals surface area contributed by atoms with Gasteiger partial charge in [-0.3, -0.25) is 0 Å². The Morgan fingerprint density at radius 1 is 1.43 bits per heavy atom. The van der Waals surface area contributed by atoms with Crippen molar-refractivity contribution in [1.82, 2.24) is 4.98 Å². The maximum absolute atomic E-state index is 5.72. The van der Waals surface area contributed by atoms with Gasteiger partial charge in [0.1, 0.15) is 0 Å². The lowest BCUT2D eigenvalue weighted by atomic mass is 10.1. The zero-order chi connectivity index (χ0) is 10.7. The van der Waals surface area contributed by atoms with Gasteiger partial charge in [-0.25, -0.2) is 4.98 Å². The molecule has 0 bridgehead atoms. The Morgan fingerprint density at radius 3 is 2.57 bits per heavy atom. The second-order valence-electron chi connectivity index (χ2n) is 3.61. The highest BCUT2D eigenvalue weighted by atomic mass is 35.5. The van der Waals surface area contributed by atoms with E-state index >= 15 is 0 Å². The van der Waals surface area contributed by atoms with Crippen molar-refractivity contribution < 1.29 is 4.74 Å². The van der Waals surface area contributed by atoms with E-state index in [1.54, 1.807) is 6.07 Å². The van der Waals surface area contributed by atoms with Gasteiger partial charge in [-0.15, -0.1) is 0 Å². The fourth-order valence-corrected chi connectivity index (χ4v) is 1.02. The molecule has 0 radical (unpaired) electrons. The molecule has 1 aromatic heterocycles. The van der Waals surface area contributed by atoms with Crippen molar-refractivity contribution in [2.45, 2.75) is 26.9 Å². The molecule has 0 saturated carbocycles. The summed E-state index contributed by atoms with van der Waals surface area (Å²) in [6, 6.07) is 1.64. The van der Waals surface area contributed by atoms with E-state index in [0.29, 0.717) is 22.5 Å². The first-order valence-electron chi connectivity index (χ1n) is 4.58. The van der Waals surface area contributed by atoms with Crippen molar-refractivity contribution in [1.29, 1.82) is 0 Å². The van der Waals surface area contributed by atoms with Crippen molar-refractivity contribution in [2.24, 2.45) is 5.92 Å². The van der Waals surface area contributed by atoms with Crippen molar-refractivity contribution >= 4 is 17.3 Å². The molecule has 4 heteroatoms. The highest BCUT2D eigenvalue weighted by Gasteiger charge is 2.11. The van der Waals surface area contributed by atoms with Crippen molar-refractivity contribution in [3.63, 3.8) is 0 Å². The SMILES string of the molecule is CC(C)C(C)Oc1ncc(Cl)cc1N. The molecular formula is C10H15ClN2O. The molecule has 14 heavy (non-hydrogen) atoms. The van der Waals surface area contributed by atoms with Gasteiger partial charge < -0.3 is 10.5 Å². The molecule has 1 atom stereocenters. The summed E-state index contributed by atoms with van der Waals surface area (Å²) in [5, 5.41) is 0.520. The maximum atomic E-state index is 5.72. The van der Waals surface area contributed by atoms with E-state index in [4.69, 9.17) is 22.1 Å². The predicted molar refractivity (Wildman–Crippen MR) is 58.6 cm³/mol. The molecule has 1 aromatic rings. The molecule has 0 aliphatic carbocycles. The molecule has 0 saturated heterocycles. The molecule has 0 aliphatic rings. The van der Waals surface area contributed by atoms with Crippen LogP contribution in [0.2, 0.25) is 5.02 Å². The lowest BCUT2D eigenvalue weighted by molar-refractivity contribution is 0.164. The zero-order valence-electron chi connectivity index (χ0n) is 8.62.